The van der Waals surface area contributed by atoms with Crippen molar-refractivity contribution in [1.82, 2.24) is 19.8 Å². The number of nitrogens with one attached hydrogen (secondary N) is 1. The van der Waals surface area contributed by atoms with Crippen LogP contribution in [0.3, 0.4) is 0 Å². The molecule has 9 heteroatoms. The fourth-order valence-corrected chi connectivity index (χ4v) is 1.74. The predicted octanol–water partition coefficient (Wildman–Crippen LogP) is 0.984. The first-order valence-electron chi connectivity index (χ1n) is 5.96. The highest BCUT2D eigenvalue weighted by Gasteiger charge is 2.21. The van der Waals surface area contributed by atoms with Gasteiger partial charge in [0.1, 0.15) is 11.9 Å². The maximum Gasteiger partial charge on any atom is 0.299 e. The molecule has 20 heavy (non-hydrogen) atoms. The summed E-state index contributed by atoms with van der Waals surface area (Å²) in [6.45, 7) is 3.62. The predicted molar refractivity (Wildman–Crippen MR) is 67.2 cm³/mol. The number of nitrogens with zero attached hydrogens (tertiary/aromatic N) is 4. The van der Waals surface area contributed by atoms with Gasteiger partial charge in [0.2, 0.25) is 11.7 Å². The second kappa shape index (κ2) is 5.35. The van der Waals surface area contributed by atoms with Gasteiger partial charge < -0.3 is 11.1 Å². The Morgan fingerprint density at radius 3 is 2.60 bits per heavy atom. The summed E-state index contributed by atoms with van der Waals surface area (Å²) in [5.41, 5.74) is 5.48. The maximum absolute atomic E-state index is 12.7. The average Bonchev–Trinajstić information content (AvgIpc) is 2.78. The molecule has 0 radical (unpaired) electrons. The molecule has 108 valence electrons. The Morgan fingerprint density at radius 1 is 1.35 bits per heavy atom. The lowest BCUT2D eigenvalue weighted by atomic mass is 10.0. The summed E-state index contributed by atoms with van der Waals surface area (Å²) in [5.74, 6) is -0.916. The fraction of sp³-hybridized carbons (Fsp3) is 0.455. The molecule has 7 nitrogen and oxygen atoms in total. The first kappa shape index (κ1) is 14.1. The lowest BCUT2D eigenvalue weighted by Crippen LogP contribution is -2.39. The lowest BCUT2D eigenvalue weighted by Gasteiger charge is -2.19. The van der Waals surface area contributed by atoms with Crippen molar-refractivity contribution in [3.05, 3.63) is 18.0 Å². The van der Waals surface area contributed by atoms with Crippen molar-refractivity contribution >= 4 is 17.4 Å². The summed E-state index contributed by atoms with van der Waals surface area (Å²) in [6, 6.07) is 2.36. The van der Waals surface area contributed by atoms with Crippen LogP contribution in [0.15, 0.2) is 12.1 Å². The minimum atomic E-state index is -2.79. The molecular formula is C11H14F2N6O. The van der Waals surface area contributed by atoms with E-state index in [1.54, 1.807) is 0 Å². The standard InChI is InChI=1S/C11H14F2N6O/c1-5(2)8(10(14)20)15-6-3-4-7-16-17-11(9(12)13)19(7)18-6/h3-5,8-9H,1-2H3,(H2,14,20)(H,15,18). The SMILES string of the molecule is CC(C)C(Nc1ccc2nnc(C(F)F)n2n1)C(N)=O. The van der Waals surface area contributed by atoms with Crippen molar-refractivity contribution in [2.75, 3.05) is 5.32 Å². The number of carbonyl (C=O) groups excluding carboxylic acids is 1. The van der Waals surface area contributed by atoms with Gasteiger partial charge in [-0.3, -0.25) is 4.79 Å². The molecule has 2 aromatic rings. The highest BCUT2D eigenvalue weighted by molar-refractivity contribution is 5.82. The van der Waals surface area contributed by atoms with Gasteiger partial charge in [0.05, 0.1) is 0 Å². The van der Waals surface area contributed by atoms with Gasteiger partial charge in [-0.2, -0.15) is 4.52 Å². The first-order valence-corrected chi connectivity index (χ1v) is 5.96. The van der Waals surface area contributed by atoms with E-state index in [0.29, 0.717) is 0 Å². The maximum atomic E-state index is 12.7. The third-order valence-electron chi connectivity index (χ3n) is 2.76. The molecule has 2 rings (SSSR count). The number of fused-ring (bicyclic) bond motifs is 1. The van der Waals surface area contributed by atoms with E-state index in [-0.39, 0.29) is 17.4 Å². The van der Waals surface area contributed by atoms with Gasteiger partial charge in [-0.1, -0.05) is 13.8 Å². The Kier molecular flexibility index (Phi) is 3.77. The van der Waals surface area contributed by atoms with Crippen molar-refractivity contribution in [1.29, 1.82) is 0 Å². The van der Waals surface area contributed by atoms with Crippen LogP contribution < -0.4 is 11.1 Å². The van der Waals surface area contributed by atoms with Gasteiger partial charge in [0.25, 0.3) is 6.43 Å². The molecule has 0 bridgehead atoms. The van der Waals surface area contributed by atoms with E-state index in [1.807, 2.05) is 13.8 Å². The van der Waals surface area contributed by atoms with E-state index >= 15 is 0 Å². The van der Waals surface area contributed by atoms with Crippen molar-refractivity contribution in [2.24, 2.45) is 11.7 Å². The molecule has 0 aromatic carbocycles. The number of amides is 1. The smallest absolute Gasteiger partial charge is 0.299 e. The monoisotopic (exact) mass is 284 g/mol. The number of aromatic nitrogens is 4. The van der Waals surface area contributed by atoms with E-state index in [9.17, 15) is 13.6 Å². The van der Waals surface area contributed by atoms with Crippen LogP contribution in [0.2, 0.25) is 0 Å². The Bertz CT molecular complexity index is 626. The van der Waals surface area contributed by atoms with Crippen LogP contribution in [-0.4, -0.2) is 31.8 Å². The van der Waals surface area contributed by atoms with Crippen LogP contribution in [-0.2, 0) is 4.79 Å². The third-order valence-corrected chi connectivity index (χ3v) is 2.76. The molecule has 0 fully saturated rings. The number of anilines is 1. The largest absolute Gasteiger partial charge is 0.368 e. The molecule has 3 N–H and O–H groups in total. The highest BCUT2D eigenvalue weighted by Crippen LogP contribution is 2.18. The van der Waals surface area contributed by atoms with E-state index in [0.717, 1.165) is 4.52 Å². The van der Waals surface area contributed by atoms with E-state index in [1.165, 1.54) is 12.1 Å². The highest BCUT2D eigenvalue weighted by atomic mass is 19.3. The number of primary amides is 1. The summed E-state index contributed by atoms with van der Waals surface area (Å²) in [4.78, 5) is 11.3. The molecule has 0 saturated carbocycles. The number of halogens is 2. The average molecular weight is 284 g/mol. The van der Waals surface area contributed by atoms with Gasteiger partial charge >= 0.3 is 0 Å². The molecule has 2 aromatic heterocycles. The number of hydrogen-bond donors (Lipinski definition) is 2. The molecule has 1 unspecified atom stereocenters. The minimum absolute atomic E-state index is 0.0690. The second-order valence-electron chi connectivity index (χ2n) is 4.62. The normalized spacial score (nSPS) is 13.1. The first-order chi connectivity index (χ1) is 9.40. The van der Waals surface area contributed by atoms with Crippen LogP contribution in [0, 0.1) is 5.92 Å². The zero-order chi connectivity index (χ0) is 14.9. The summed E-state index contributed by atoms with van der Waals surface area (Å²) >= 11 is 0. The quantitative estimate of drug-likeness (QED) is 0.853. The van der Waals surface area contributed by atoms with Crippen LogP contribution in [0.25, 0.3) is 5.65 Å². The van der Waals surface area contributed by atoms with Gasteiger partial charge in [-0.15, -0.1) is 15.3 Å². The molecular weight excluding hydrogens is 270 g/mol. The fourth-order valence-electron chi connectivity index (χ4n) is 1.74. The zero-order valence-corrected chi connectivity index (χ0v) is 10.9. The molecule has 1 atom stereocenters. The summed E-state index contributed by atoms with van der Waals surface area (Å²) in [7, 11) is 0. The molecule has 0 aliphatic rings. The van der Waals surface area contributed by atoms with Gasteiger partial charge in [-0.05, 0) is 18.1 Å². The van der Waals surface area contributed by atoms with Gasteiger partial charge in [0.15, 0.2) is 5.65 Å². The zero-order valence-electron chi connectivity index (χ0n) is 10.9. The Morgan fingerprint density at radius 2 is 2.05 bits per heavy atom. The summed E-state index contributed by atoms with van der Waals surface area (Å²) in [5, 5.41) is 13.7. The van der Waals surface area contributed by atoms with Crippen molar-refractivity contribution in [2.45, 2.75) is 26.3 Å². The number of hydrogen-bond acceptors (Lipinski definition) is 5. The molecule has 2 heterocycles. The van der Waals surface area contributed by atoms with Crippen LogP contribution in [0.5, 0.6) is 0 Å². The number of nitrogens with two attached hydrogens (primary N) is 1. The summed E-state index contributed by atoms with van der Waals surface area (Å²) in [6.07, 6.45) is -2.79. The minimum Gasteiger partial charge on any atom is -0.368 e. The number of rotatable bonds is 5. The summed E-state index contributed by atoms with van der Waals surface area (Å²) < 4.78 is 26.4. The molecule has 0 aliphatic carbocycles. The van der Waals surface area contributed by atoms with Crippen LogP contribution in [0.4, 0.5) is 14.6 Å². The second-order valence-corrected chi connectivity index (χ2v) is 4.62. The van der Waals surface area contributed by atoms with Crippen LogP contribution in [0.1, 0.15) is 26.1 Å². The van der Waals surface area contributed by atoms with Crippen LogP contribution >= 0.6 is 0 Å². The molecule has 0 aliphatic heterocycles. The molecule has 0 saturated heterocycles. The van der Waals surface area contributed by atoms with Crippen molar-refractivity contribution in [3.8, 4) is 0 Å². The number of carbonyl (C=O) groups is 1. The Balaban J connectivity index is 2.35. The Labute approximate surface area is 113 Å². The topological polar surface area (TPSA) is 98.2 Å². The van der Waals surface area contributed by atoms with E-state index < -0.39 is 24.2 Å². The van der Waals surface area contributed by atoms with Crippen molar-refractivity contribution < 1.29 is 13.6 Å². The molecule has 1 amide bonds. The van der Waals surface area contributed by atoms with E-state index in [2.05, 4.69) is 20.6 Å². The number of alkyl halides is 2. The Hall–Kier alpha value is -2.32. The molecule has 0 spiro atoms. The van der Waals surface area contributed by atoms with E-state index in [4.69, 9.17) is 5.73 Å². The van der Waals surface area contributed by atoms with Crippen molar-refractivity contribution in [3.63, 3.8) is 0 Å². The van der Waals surface area contributed by atoms with Gasteiger partial charge in [-0.25, -0.2) is 8.78 Å². The van der Waals surface area contributed by atoms with Gasteiger partial charge in [0, 0.05) is 0 Å². The lowest BCUT2D eigenvalue weighted by molar-refractivity contribution is -0.119. The third kappa shape index (κ3) is 2.65.